The van der Waals surface area contributed by atoms with E-state index >= 15 is 0 Å². The second kappa shape index (κ2) is 4.54. The van der Waals surface area contributed by atoms with Gasteiger partial charge in [0, 0.05) is 6.07 Å². The van der Waals surface area contributed by atoms with Gasteiger partial charge in [-0.25, -0.2) is 4.79 Å². The Kier molecular flexibility index (Phi) is 3.37. The standard InChI is InChI=1S/C9H12O4/c1-3-6-12-9(10)7-4-5-8(11-2)13-7/h4-5H,3,6H2,1-2H3. The van der Waals surface area contributed by atoms with Crippen LogP contribution in [0, 0.1) is 0 Å². The third-order valence-electron chi connectivity index (χ3n) is 1.42. The van der Waals surface area contributed by atoms with Crippen molar-refractivity contribution >= 4 is 5.97 Å². The molecule has 0 saturated carbocycles. The first kappa shape index (κ1) is 9.64. The van der Waals surface area contributed by atoms with E-state index in [1.807, 2.05) is 6.92 Å². The van der Waals surface area contributed by atoms with Crippen molar-refractivity contribution in [3.8, 4) is 5.95 Å². The van der Waals surface area contributed by atoms with Crippen LogP contribution in [0.3, 0.4) is 0 Å². The van der Waals surface area contributed by atoms with Gasteiger partial charge in [0.1, 0.15) is 0 Å². The molecule has 0 spiro atoms. The van der Waals surface area contributed by atoms with E-state index in [1.54, 1.807) is 6.07 Å². The van der Waals surface area contributed by atoms with Gasteiger partial charge in [-0.05, 0) is 12.5 Å². The smallest absolute Gasteiger partial charge is 0.374 e. The van der Waals surface area contributed by atoms with Gasteiger partial charge in [0.25, 0.3) is 5.95 Å². The van der Waals surface area contributed by atoms with E-state index in [1.165, 1.54) is 13.2 Å². The number of carbonyl (C=O) groups excluding carboxylic acids is 1. The van der Waals surface area contributed by atoms with E-state index in [0.29, 0.717) is 12.6 Å². The maximum Gasteiger partial charge on any atom is 0.374 e. The molecule has 1 aromatic heterocycles. The summed E-state index contributed by atoms with van der Waals surface area (Å²) in [6, 6.07) is 3.10. The molecule has 0 radical (unpaired) electrons. The van der Waals surface area contributed by atoms with Crippen molar-refractivity contribution < 1.29 is 18.7 Å². The van der Waals surface area contributed by atoms with Gasteiger partial charge in [0.05, 0.1) is 13.7 Å². The van der Waals surface area contributed by atoms with Crippen LogP contribution in [-0.2, 0) is 4.74 Å². The Hall–Kier alpha value is -1.45. The minimum atomic E-state index is -0.454. The van der Waals surface area contributed by atoms with E-state index in [2.05, 4.69) is 0 Å². The van der Waals surface area contributed by atoms with Gasteiger partial charge >= 0.3 is 5.97 Å². The predicted molar refractivity (Wildman–Crippen MR) is 45.8 cm³/mol. The monoisotopic (exact) mass is 184 g/mol. The van der Waals surface area contributed by atoms with Crippen LogP contribution in [0.5, 0.6) is 5.95 Å². The Bertz CT molecular complexity index is 277. The SMILES string of the molecule is CCCOC(=O)c1ccc(OC)o1. The number of rotatable bonds is 4. The molecule has 0 atom stereocenters. The minimum Gasteiger partial charge on any atom is -0.468 e. The molecule has 1 heterocycles. The lowest BCUT2D eigenvalue weighted by molar-refractivity contribution is 0.0463. The summed E-state index contributed by atoms with van der Waals surface area (Å²) in [5.74, 6) is 0.0268. The predicted octanol–water partition coefficient (Wildman–Crippen LogP) is 1.85. The molecule has 0 bridgehead atoms. The Morgan fingerprint density at radius 3 is 2.85 bits per heavy atom. The van der Waals surface area contributed by atoms with Gasteiger partial charge < -0.3 is 13.9 Å². The number of carbonyl (C=O) groups is 1. The van der Waals surface area contributed by atoms with Gasteiger partial charge in [-0.2, -0.15) is 0 Å². The van der Waals surface area contributed by atoms with E-state index in [4.69, 9.17) is 13.9 Å². The first-order chi connectivity index (χ1) is 6.27. The van der Waals surface area contributed by atoms with Gasteiger partial charge in [0.2, 0.25) is 5.76 Å². The fourth-order valence-corrected chi connectivity index (χ4v) is 0.805. The van der Waals surface area contributed by atoms with E-state index in [-0.39, 0.29) is 5.76 Å². The molecule has 13 heavy (non-hydrogen) atoms. The Morgan fingerprint density at radius 1 is 1.54 bits per heavy atom. The van der Waals surface area contributed by atoms with Crippen LogP contribution in [0.4, 0.5) is 0 Å². The zero-order chi connectivity index (χ0) is 9.68. The third-order valence-corrected chi connectivity index (χ3v) is 1.42. The summed E-state index contributed by atoms with van der Waals surface area (Å²) in [6.07, 6.45) is 0.795. The van der Waals surface area contributed by atoms with Crippen LogP contribution in [0.2, 0.25) is 0 Å². The first-order valence-electron chi connectivity index (χ1n) is 4.09. The summed E-state index contributed by atoms with van der Waals surface area (Å²) in [5.41, 5.74) is 0. The van der Waals surface area contributed by atoms with Gasteiger partial charge in [-0.15, -0.1) is 0 Å². The highest BCUT2D eigenvalue weighted by Gasteiger charge is 2.11. The average Bonchev–Trinajstić information content (AvgIpc) is 2.62. The largest absolute Gasteiger partial charge is 0.468 e. The molecule has 0 amide bonds. The van der Waals surface area contributed by atoms with Crippen LogP contribution in [0.25, 0.3) is 0 Å². The van der Waals surface area contributed by atoms with Crippen LogP contribution in [-0.4, -0.2) is 19.7 Å². The molecule has 0 aliphatic rings. The molecule has 1 rings (SSSR count). The fraction of sp³-hybridized carbons (Fsp3) is 0.444. The highest BCUT2D eigenvalue weighted by molar-refractivity contribution is 5.86. The lowest BCUT2D eigenvalue weighted by Gasteiger charge is -1.98. The molecule has 0 aromatic carbocycles. The summed E-state index contributed by atoms with van der Waals surface area (Å²) in [6.45, 7) is 2.33. The minimum absolute atomic E-state index is 0.172. The van der Waals surface area contributed by atoms with Crippen LogP contribution < -0.4 is 4.74 Å². The van der Waals surface area contributed by atoms with E-state index in [9.17, 15) is 4.79 Å². The topological polar surface area (TPSA) is 48.7 Å². The summed E-state index contributed by atoms with van der Waals surface area (Å²) in [7, 11) is 1.47. The molecular formula is C9H12O4. The van der Waals surface area contributed by atoms with Gasteiger partial charge in [-0.3, -0.25) is 0 Å². The van der Waals surface area contributed by atoms with Crippen LogP contribution in [0.1, 0.15) is 23.9 Å². The molecule has 4 heteroatoms. The Labute approximate surface area is 76.4 Å². The fourth-order valence-electron chi connectivity index (χ4n) is 0.805. The zero-order valence-corrected chi connectivity index (χ0v) is 7.70. The lowest BCUT2D eigenvalue weighted by Crippen LogP contribution is -2.04. The molecule has 0 unspecified atom stereocenters. The first-order valence-corrected chi connectivity index (χ1v) is 4.09. The summed E-state index contributed by atoms with van der Waals surface area (Å²) >= 11 is 0. The molecular weight excluding hydrogens is 172 g/mol. The molecule has 0 aliphatic carbocycles. The normalized spacial score (nSPS) is 9.69. The lowest BCUT2D eigenvalue weighted by atomic mass is 10.4. The van der Waals surface area contributed by atoms with Crippen molar-refractivity contribution in [1.82, 2.24) is 0 Å². The van der Waals surface area contributed by atoms with E-state index in [0.717, 1.165) is 6.42 Å². The second-order valence-corrected chi connectivity index (χ2v) is 2.46. The zero-order valence-electron chi connectivity index (χ0n) is 7.70. The number of esters is 1. The third kappa shape index (κ3) is 2.50. The maximum atomic E-state index is 11.2. The van der Waals surface area contributed by atoms with Crippen molar-refractivity contribution in [3.05, 3.63) is 17.9 Å². The molecule has 0 fully saturated rings. The summed E-state index contributed by atoms with van der Waals surface area (Å²) < 4.78 is 14.6. The molecule has 72 valence electrons. The number of methoxy groups -OCH3 is 1. The Morgan fingerprint density at radius 2 is 2.31 bits per heavy atom. The van der Waals surface area contributed by atoms with Crippen molar-refractivity contribution in [2.45, 2.75) is 13.3 Å². The highest BCUT2D eigenvalue weighted by Crippen LogP contribution is 2.15. The van der Waals surface area contributed by atoms with Crippen molar-refractivity contribution in [2.75, 3.05) is 13.7 Å². The summed E-state index contributed by atoms with van der Waals surface area (Å²) in [5, 5.41) is 0. The molecule has 0 N–H and O–H groups in total. The van der Waals surface area contributed by atoms with Crippen molar-refractivity contribution in [2.24, 2.45) is 0 Å². The second-order valence-electron chi connectivity index (χ2n) is 2.46. The Balaban J connectivity index is 2.55. The number of hydrogen-bond donors (Lipinski definition) is 0. The van der Waals surface area contributed by atoms with Gasteiger partial charge in [-0.1, -0.05) is 6.92 Å². The van der Waals surface area contributed by atoms with Crippen molar-refractivity contribution in [1.29, 1.82) is 0 Å². The molecule has 4 nitrogen and oxygen atoms in total. The quantitative estimate of drug-likeness (QED) is 0.670. The van der Waals surface area contributed by atoms with E-state index < -0.39 is 5.97 Å². The maximum absolute atomic E-state index is 11.2. The average molecular weight is 184 g/mol. The van der Waals surface area contributed by atoms with Crippen LogP contribution >= 0.6 is 0 Å². The highest BCUT2D eigenvalue weighted by atomic mass is 16.6. The van der Waals surface area contributed by atoms with Crippen LogP contribution in [0.15, 0.2) is 16.5 Å². The van der Waals surface area contributed by atoms with Crippen molar-refractivity contribution in [3.63, 3.8) is 0 Å². The molecule has 1 aromatic rings. The number of ether oxygens (including phenoxy) is 2. The van der Waals surface area contributed by atoms with Gasteiger partial charge in [0.15, 0.2) is 0 Å². The number of furan rings is 1. The number of hydrogen-bond acceptors (Lipinski definition) is 4. The molecule has 0 saturated heterocycles. The molecule has 0 aliphatic heterocycles. The summed E-state index contributed by atoms with van der Waals surface area (Å²) in [4.78, 5) is 11.2.